The number of aromatic amines is 1. The van der Waals surface area contributed by atoms with Gasteiger partial charge in [-0.3, -0.25) is 0 Å². The van der Waals surface area contributed by atoms with Crippen LogP contribution in [0.2, 0.25) is 0 Å². The van der Waals surface area contributed by atoms with E-state index in [1.165, 1.54) is 0 Å². The number of benzene rings is 2. The highest BCUT2D eigenvalue weighted by Crippen LogP contribution is 2.17. The molecule has 1 heterocycles. The van der Waals surface area contributed by atoms with Crippen LogP contribution in [-0.2, 0) is 9.53 Å². The van der Waals surface area contributed by atoms with E-state index >= 15 is 0 Å². The first-order chi connectivity index (χ1) is 12.9. The van der Waals surface area contributed by atoms with Crippen LogP contribution in [0.25, 0.3) is 16.7 Å². The Bertz CT molecular complexity index is 954. The molecule has 0 aliphatic rings. The molecule has 1 aromatic heterocycles. The summed E-state index contributed by atoms with van der Waals surface area (Å²) < 4.78 is 10.4. The van der Waals surface area contributed by atoms with Gasteiger partial charge >= 0.3 is 5.97 Å². The van der Waals surface area contributed by atoms with E-state index < -0.39 is 5.97 Å². The molecule has 4 N–H and O–H groups in total. The number of carbonyl (C=O) groups is 1. The molecule has 0 atom stereocenters. The summed E-state index contributed by atoms with van der Waals surface area (Å²) >= 11 is 0. The molecule has 0 amide bonds. The average molecular weight is 367 g/mol. The van der Waals surface area contributed by atoms with Gasteiger partial charge in [0.15, 0.2) is 24.8 Å². The lowest BCUT2D eigenvalue weighted by Crippen LogP contribution is -2.17. The predicted molar refractivity (Wildman–Crippen MR) is 102 cm³/mol. The van der Waals surface area contributed by atoms with Gasteiger partial charge in [-0.1, -0.05) is 18.2 Å². The van der Waals surface area contributed by atoms with Crippen LogP contribution in [0.5, 0.6) is 5.75 Å². The molecular weight excluding hydrogens is 346 g/mol. The number of ether oxygens (including phenoxy) is 2. The monoisotopic (exact) mass is 367 g/mol. The number of carbonyl (C=O) groups excluding carboxylic acids is 1. The van der Waals surface area contributed by atoms with E-state index in [1.54, 1.807) is 0 Å². The van der Waals surface area contributed by atoms with E-state index in [1.807, 2.05) is 56.3 Å². The standard InChI is InChI=1S/C20H21N3O4/c1-12-7-13(2)9-14(8-12)26-11-18(25)27-10-17(24)19(21)20-22-15-5-3-4-6-16(15)23-20/h3-9,24H,10-11,21H2,1-2H3,(H,22,23). The zero-order chi connectivity index (χ0) is 19.4. The Kier molecular flexibility index (Phi) is 5.30. The van der Waals surface area contributed by atoms with Crippen LogP contribution in [0.3, 0.4) is 0 Å². The highest BCUT2D eigenvalue weighted by molar-refractivity contribution is 5.78. The molecule has 0 fully saturated rings. The smallest absolute Gasteiger partial charge is 0.344 e. The van der Waals surface area contributed by atoms with Gasteiger partial charge in [0.1, 0.15) is 11.4 Å². The van der Waals surface area contributed by atoms with Crippen molar-refractivity contribution in [2.45, 2.75) is 13.8 Å². The van der Waals surface area contributed by atoms with Gasteiger partial charge in [0, 0.05) is 0 Å². The van der Waals surface area contributed by atoms with Crippen LogP contribution in [0, 0.1) is 13.8 Å². The summed E-state index contributed by atoms with van der Waals surface area (Å²) in [5, 5.41) is 10.1. The van der Waals surface area contributed by atoms with Crippen LogP contribution < -0.4 is 10.5 Å². The van der Waals surface area contributed by atoms with Crippen molar-refractivity contribution in [3.8, 4) is 5.75 Å². The van der Waals surface area contributed by atoms with E-state index in [-0.39, 0.29) is 24.7 Å². The second-order valence-corrected chi connectivity index (χ2v) is 6.24. The summed E-state index contributed by atoms with van der Waals surface area (Å²) in [5.74, 6) is 0.00848. The molecule has 2 aromatic carbocycles. The fourth-order valence-electron chi connectivity index (χ4n) is 2.64. The Hall–Kier alpha value is -3.48. The lowest BCUT2D eigenvalue weighted by atomic mass is 10.1. The first-order valence-corrected chi connectivity index (χ1v) is 8.42. The summed E-state index contributed by atoms with van der Waals surface area (Å²) in [5.41, 5.74) is 9.52. The van der Waals surface area contributed by atoms with E-state index in [0.717, 1.165) is 22.2 Å². The Morgan fingerprint density at radius 1 is 1.15 bits per heavy atom. The quantitative estimate of drug-likeness (QED) is 0.456. The number of aliphatic hydroxyl groups excluding tert-OH is 1. The number of aromatic nitrogens is 2. The fourth-order valence-corrected chi connectivity index (χ4v) is 2.64. The second-order valence-electron chi connectivity index (χ2n) is 6.24. The first kappa shape index (κ1) is 18.3. The number of fused-ring (bicyclic) bond motifs is 1. The highest BCUT2D eigenvalue weighted by atomic mass is 16.6. The van der Waals surface area contributed by atoms with E-state index in [4.69, 9.17) is 15.2 Å². The number of nitrogens with zero attached hydrogens (tertiary/aromatic N) is 1. The summed E-state index contributed by atoms with van der Waals surface area (Å²) in [6.45, 7) is 3.27. The SMILES string of the molecule is Cc1cc(C)cc(OCC(=O)OCC(O)=C(N)c2nc3ccccc3[nH]2)c1. The van der Waals surface area contributed by atoms with Crippen molar-refractivity contribution in [2.24, 2.45) is 5.73 Å². The van der Waals surface area contributed by atoms with Gasteiger partial charge in [-0.15, -0.1) is 0 Å². The Balaban J connectivity index is 1.57. The number of H-pyrrole nitrogens is 1. The maximum Gasteiger partial charge on any atom is 0.344 e. The molecule has 3 aromatic rings. The largest absolute Gasteiger partial charge is 0.507 e. The molecule has 0 unspecified atom stereocenters. The van der Waals surface area contributed by atoms with E-state index in [9.17, 15) is 9.90 Å². The number of hydrogen-bond donors (Lipinski definition) is 3. The van der Waals surface area contributed by atoms with Crippen molar-refractivity contribution in [1.82, 2.24) is 9.97 Å². The molecule has 0 aliphatic carbocycles. The second kappa shape index (κ2) is 7.82. The van der Waals surface area contributed by atoms with Crippen LogP contribution >= 0.6 is 0 Å². The molecule has 27 heavy (non-hydrogen) atoms. The van der Waals surface area contributed by atoms with Crippen LogP contribution in [-0.4, -0.2) is 34.3 Å². The first-order valence-electron chi connectivity index (χ1n) is 8.42. The Labute approximate surface area is 156 Å². The van der Waals surface area contributed by atoms with E-state index in [2.05, 4.69) is 9.97 Å². The Morgan fingerprint density at radius 2 is 1.85 bits per heavy atom. The van der Waals surface area contributed by atoms with E-state index in [0.29, 0.717) is 11.6 Å². The number of para-hydroxylation sites is 2. The molecule has 140 valence electrons. The minimum atomic E-state index is -0.613. The van der Waals surface area contributed by atoms with Gasteiger partial charge in [0.25, 0.3) is 0 Å². The van der Waals surface area contributed by atoms with Crippen molar-refractivity contribution in [3.05, 3.63) is 65.2 Å². The number of aliphatic hydroxyl groups is 1. The summed E-state index contributed by atoms with van der Waals surface area (Å²) in [7, 11) is 0. The molecule has 0 aliphatic heterocycles. The third-order valence-electron chi connectivity index (χ3n) is 3.88. The zero-order valence-corrected chi connectivity index (χ0v) is 15.2. The third kappa shape index (κ3) is 4.58. The minimum absolute atomic E-state index is 0.0224. The van der Waals surface area contributed by atoms with Crippen molar-refractivity contribution < 1.29 is 19.4 Å². The third-order valence-corrected chi connectivity index (χ3v) is 3.88. The lowest BCUT2D eigenvalue weighted by Gasteiger charge is -2.09. The zero-order valence-electron chi connectivity index (χ0n) is 15.2. The number of rotatable bonds is 6. The van der Waals surface area contributed by atoms with Gasteiger partial charge in [-0.05, 0) is 49.2 Å². The van der Waals surface area contributed by atoms with Gasteiger partial charge in [-0.2, -0.15) is 0 Å². The maximum atomic E-state index is 11.8. The van der Waals surface area contributed by atoms with Crippen molar-refractivity contribution in [3.63, 3.8) is 0 Å². The highest BCUT2D eigenvalue weighted by Gasteiger charge is 2.12. The number of nitrogens with one attached hydrogen (secondary N) is 1. The average Bonchev–Trinajstić information content (AvgIpc) is 3.07. The molecule has 7 nitrogen and oxygen atoms in total. The van der Waals surface area contributed by atoms with Crippen LogP contribution in [0.15, 0.2) is 48.2 Å². The van der Waals surface area contributed by atoms with Crippen molar-refractivity contribution in [1.29, 1.82) is 0 Å². The van der Waals surface area contributed by atoms with Crippen LogP contribution in [0.1, 0.15) is 17.0 Å². The molecule has 0 saturated heterocycles. The number of aryl methyl sites for hydroxylation is 2. The topological polar surface area (TPSA) is 110 Å². The normalized spacial score (nSPS) is 11.9. The van der Waals surface area contributed by atoms with Gasteiger partial charge in [-0.25, -0.2) is 9.78 Å². The molecule has 0 spiro atoms. The molecule has 0 bridgehead atoms. The van der Waals surface area contributed by atoms with Crippen molar-refractivity contribution in [2.75, 3.05) is 13.2 Å². The molecule has 7 heteroatoms. The minimum Gasteiger partial charge on any atom is -0.507 e. The fraction of sp³-hybridized carbons (Fsp3) is 0.200. The molecule has 0 radical (unpaired) electrons. The summed E-state index contributed by atoms with van der Waals surface area (Å²) in [6.07, 6.45) is 0. The van der Waals surface area contributed by atoms with Gasteiger partial charge in [0.05, 0.1) is 11.0 Å². The number of imidazole rings is 1. The van der Waals surface area contributed by atoms with Gasteiger partial charge < -0.3 is 25.3 Å². The van der Waals surface area contributed by atoms with Gasteiger partial charge in [0.2, 0.25) is 0 Å². The number of hydrogen-bond acceptors (Lipinski definition) is 6. The maximum absolute atomic E-state index is 11.8. The number of esters is 1. The lowest BCUT2D eigenvalue weighted by molar-refractivity contribution is -0.145. The Morgan fingerprint density at radius 3 is 2.56 bits per heavy atom. The molecule has 3 rings (SSSR count). The van der Waals surface area contributed by atoms with Crippen LogP contribution in [0.4, 0.5) is 0 Å². The molecule has 0 saturated carbocycles. The predicted octanol–water partition coefficient (Wildman–Crippen LogP) is 2.99. The number of nitrogens with two attached hydrogens (primary N) is 1. The summed E-state index contributed by atoms with van der Waals surface area (Å²) in [4.78, 5) is 19.1. The van der Waals surface area contributed by atoms with Crippen molar-refractivity contribution >= 4 is 22.7 Å². The molecular formula is C20H21N3O4. The summed E-state index contributed by atoms with van der Waals surface area (Å²) in [6, 6.07) is 13.1.